The molecule has 1 aliphatic rings. The number of nitrogens with zero attached hydrogens (tertiary/aromatic N) is 5. The number of carbonyl (C=O) groups excluding carboxylic acids is 1. The number of hydrogen-bond donors (Lipinski definition) is 0. The van der Waals surface area contributed by atoms with Gasteiger partial charge >= 0.3 is 5.82 Å². The molecule has 0 unspecified atom stereocenters. The van der Waals surface area contributed by atoms with Gasteiger partial charge < -0.3 is 15.0 Å². The molecule has 0 N–H and O–H groups in total. The number of piperazine rings is 1. The number of benzene rings is 1. The van der Waals surface area contributed by atoms with Crippen LogP contribution >= 0.6 is 22.9 Å². The zero-order chi connectivity index (χ0) is 22.0. The summed E-state index contributed by atoms with van der Waals surface area (Å²) >= 11 is 7.46. The lowest BCUT2D eigenvalue weighted by molar-refractivity contribution is -0.389. The molecule has 1 aromatic carbocycles. The van der Waals surface area contributed by atoms with E-state index in [1.807, 2.05) is 5.38 Å². The van der Waals surface area contributed by atoms with Crippen molar-refractivity contribution < 1.29 is 14.1 Å². The molecular weight excluding hydrogens is 445 g/mol. The maximum Gasteiger partial charge on any atom is 0.389 e. The largest absolute Gasteiger partial charge is 0.389 e. The fraction of sp³-hybridized carbons (Fsp3) is 0.300. The number of halogens is 2. The standard InChI is InChI=1S/C20H19ClFN5O3S/c21-16-2-1-3-17(22)15(16)12-24-6-8-25(9-7-24)20(28)18-10-14(13-31-18)11-26-5-4-19(23-26)27(29)30/h1-5,10,13H,6-9,11-12H2. The predicted octanol–water partition coefficient (Wildman–Crippen LogP) is 3.65. The van der Waals surface area contributed by atoms with E-state index in [-0.39, 0.29) is 17.5 Å². The van der Waals surface area contributed by atoms with Crippen molar-refractivity contribution in [1.29, 1.82) is 0 Å². The summed E-state index contributed by atoms with van der Waals surface area (Å²) in [5.74, 6) is -0.577. The van der Waals surface area contributed by atoms with Crippen molar-refractivity contribution in [3.63, 3.8) is 0 Å². The Morgan fingerprint density at radius 2 is 2.00 bits per heavy atom. The fourth-order valence-electron chi connectivity index (χ4n) is 3.47. The van der Waals surface area contributed by atoms with Crippen LogP contribution in [0.3, 0.4) is 0 Å². The Hall–Kier alpha value is -2.82. The Morgan fingerprint density at radius 1 is 1.23 bits per heavy atom. The average molecular weight is 464 g/mol. The lowest BCUT2D eigenvalue weighted by Crippen LogP contribution is -2.48. The summed E-state index contributed by atoms with van der Waals surface area (Å²) in [6.07, 6.45) is 1.54. The van der Waals surface area contributed by atoms with Gasteiger partial charge in [0.25, 0.3) is 5.91 Å². The molecule has 162 valence electrons. The van der Waals surface area contributed by atoms with Gasteiger partial charge in [0.05, 0.1) is 28.8 Å². The van der Waals surface area contributed by atoms with Crippen molar-refractivity contribution in [3.05, 3.63) is 78.9 Å². The first-order chi connectivity index (χ1) is 14.9. The summed E-state index contributed by atoms with van der Waals surface area (Å²) in [6, 6.07) is 7.80. The number of rotatable bonds is 6. The van der Waals surface area contributed by atoms with Gasteiger partial charge in [0.1, 0.15) is 5.82 Å². The molecule has 0 saturated carbocycles. The van der Waals surface area contributed by atoms with Crippen LogP contribution in [0, 0.1) is 15.9 Å². The van der Waals surface area contributed by atoms with Crippen LogP contribution in [-0.2, 0) is 13.1 Å². The molecule has 0 aliphatic carbocycles. The van der Waals surface area contributed by atoms with Gasteiger partial charge in [-0.2, -0.15) is 4.68 Å². The van der Waals surface area contributed by atoms with Gasteiger partial charge in [-0.05, 0) is 34.1 Å². The van der Waals surface area contributed by atoms with Gasteiger partial charge in [-0.25, -0.2) is 4.39 Å². The fourth-order valence-corrected chi connectivity index (χ4v) is 4.56. The third-order valence-corrected chi connectivity index (χ3v) is 6.45. The van der Waals surface area contributed by atoms with Crippen LogP contribution in [0.2, 0.25) is 5.02 Å². The lowest BCUT2D eigenvalue weighted by atomic mass is 10.1. The van der Waals surface area contributed by atoms with Crippen LogP contribution in [0.4, 0.5) is 10.2 Å². The normalized spacial score (nSPS) is 14.7. The Balaban J connectivity index is 1.33. The summed E-state index contributed by atoms with van der Waals surface area (Å²) in [6.45, 7) is 3.12. The quantitative estimate of drug-likeness (QED) is 0.411. The minimum Gasteiger partial charge on any atom is -0.358 e. The van der Waals surface area contributed by atoms with Crippen molar-refractivity contribution in [2.45, 2.75) is 13.1 Å². The zero-order valence-corrected chi connectivity index (χ0v) is 18.0. The molecule has 8 nitrogen and oxygen atoms in total. The molecule has 1 amide bonds. The van der Waals surface area contributed by atoms with Crippen LogP contribution < -0.4 is 0 Å². The molecule has 4 rings (SSSR count). The average Bonchev–Trinajstić information content (AvgIpc) is 3.41. The van der Waals surface area contributed by atoms with E-state index in [0.717, 1.165) is 5.56 Å². The van der Waals surface area contributed by atoms with Crippen molar-refractivity contribution in [1.82, 2.24) is 19.6 Å². The van der Waals surface area contributed by atoms with Gasteiger partial charge in [0.2, 0.25) is 0 Å². The Morgan fingerprint density at radius 3 is 2.68 bits per heavy atom. The molecule has 0 spiro atoms. The predicted molar refractivity (Wildman–Crippen MR) is 115 cm³/mol. The SMILES string of the molecule is O=C(c1cc(Cn2ccc([N+](=O)[O-])n2)cs1)N1CCN(Cc2c(F)cccc2Cl)CC1. The minimum atomic E-state index is -0.543. The van der Waals surface area contributed by atoms with E-state index in [4.69, 9.17) is 11.6 Å². The van der Waals surface area contributed by atoms with Crippen molar-refractivity contribution in [3.8, 4) is 0 Å². The Bertz CT molecular complexity index is 1090. The molecule has 3 aromatic rings. The number of aromatic nitrogens is 2. The topological polar surface area (TPSA) is 84.5 Å². The Labute approximate surface area is 186 Å². The van der Waals surface area contributed by atoms with Crippen molar-refractivity contribution >= 4 is 34.7 Å². The molecule has 1 saturated heterocycles. The van der Waals surface area contributed by atoms with E-state index >= 15 is 0 Å². The smallest absolute Gasteiger partial charge is 0.358 e. The van der Waals surface area contributed by atoms with Gasteiger partial charge in [-0.15, -0.1) is 11.3 Å². The van der Waals surface area contributed by atoms with E-state index in [1.54, 1.807) is 29.3 Å². The molecule has 3 heterocycles. The van der Waals surface area contributed by atoms with Crippen LogP contribution in [0.25, 0.3) is 0 Å². The summed E-state index contributed by atoms with van der Waals surface area (Å²) in [4.78, 5) is 27.5. The molecule has 0 radical (unpaired) electrons. The number of nitro groups is 1. The highest BCUT2D eigenvalue weighted by molar-refractivity contribution is 7.12. The third-order valence-electron chi connectivity index (χ3n) is 5.13. The van der Waals surface area contributed by atoms with Crippen LogP contribution in [0.15, 0.2) is 41.9 Å². The van der Waals surface area contributed by atoms with Gasteiger partial charge in [-0.3, -0.25) is 9.69 Å². The number of amides is 1. The monoisotopic (exact) mass is 463 g/mol. The number of carbonyl (C=O) groups is 1. The lowest BCUT2D eigenvalue weighted by Gasteiger charge is -2.34. The van der Waals surface area contributed by atoms with Crippen LogP contribution in [0.5, 0.6) is 0 Å². The molecular formula is C20H19ClFN5O3S. The third kappa shape index (κ3) is 4.92. The summed E-state index contributed by atoms with van der Waals surface area (Å²) < 4.78 is 15.5. The first-order valence-electron chi connectivity index (χ1n) is 9.60. The van der Waals surface area contributed by atoms with Gasteiger partial charge in [0.15, 0.2) is 0 Å². The van der Waals surface area contributed by atoms with E-state index in [2.05, 4.69) is 10.00 Å². The van der Waals surface area contributed by atoms with Crippen LogP contribution in [0.1, 0.15) is 20.8 Å². The molecule has 1 aliphatic heterocycles. The molecule has 1 fully saturated rings. The van der Waals surface area contributed by atoms with Crippen LogP contribution in [-0.4, -0.2) is 56.6 Å². The van der Waals surface area contributed by atoms with Gasteiger partial charge in [-0.1, -0.05) is 17.7 Å². The van der Waals surface area contributed by atoms with Crippen molar-refractivity contribution in [2.75, 3.05) is 26.2 Å². The summed E-state index contributed by atoms with van der Waals surface area (Å²) in [5.41, 5.74) is 1.34. The molecule has 11 heteroatoms. The molecule has 31 heavy (non-hydrogen) atoms. The maximum absolute atomic E-state index is 14.0. The first kappa shape index (κ1) is 21.4. The summed E-state index contributed by atoms with van der Waals surface area (Å²) in [7, 11) is 0. The first-order valence-corrected chi connectivity index (χ1v) is 10.9. The molecule has 0 bridgehead atoms. The second-order valence-corrected chi connectivity index (χ2v) is 8.53. The van der Waals surface area contributed by atoms with Crippen molar-refractivity contribution in [2.24, 2.45) is 0 Å². The Kier molecular flexibility index (Phi) is 6.30. The highest BCUT2D eigenvalue weighted by atomic mass is 35.5. The van der Waals surface area contributed by atoms with Gasteiger partial charge in [0, 0.05) is 43.3 Å². The minimum absolute atomic E-state index is 0.0498. The second kappa shape index (κ2) is 9.13. The number of hydrogen-bond acceptors (Lipinski definition) is 6. The zero-order valence-electron chi connectivity index (χ0n) is 16.4. The number of thiophene rings is 1. The highest BCUT2D eigenvalue weighted by Crippen LogP contribution is 2.23. The van der Waals surface area contributed by atoms with E-state index in [0.29, 0.717) is 54.7 Å². The second-order valence-electron chi connectivity index (χ2n) is 7.22. The highest BCUT2D eigenvalue weighted by Gasteiger charge is 2.24. The van der Waals surface area contributed by atoms with E-state index < -0.39 is 4.92 Å². The molecule has 0 atom stereocenters. The van der Waals surface area contributed by atoms with E-state index in [9.17, 15) is 19.3 Å². The summed E-state index contributed by atoms with van der Waals surface area (Å²) in [5, 5.41) is 16.9. The van der Waals surface area contributed by atoms with E-state index in [1.165, 1.54) is 28.2 Å². The molecule has 2 aromatic heterocycles. The maximum atomic E-state index is 14.0.